The normalized spacial score (nSPS) is 24.6. The van der Waals surface area contributed by atoms with E-state index in [-0.39, 0.29) is 0 Å². The third-order valence-corrected chi connectivity index (χ3v) is 4.25. The number of aromatic nitrogens is 2. The van der Waals surface area contributed by atoms with E-state index in [9.17, 15) is 0 Å². The molecule has 0 bridgehead atoms. The van der Waals surface area contributed by atoms with Gasteiger partial charge in [-0.3, -0.25) is 0 Å². The molecule has 1 saturated heterocycles. The van der Waals surface area contributed by atoms with Crippen LogP contribution in [0.4, 0.5) is 0 Å². The van der Waals surface area contributed by atoms with E-state index < -0.39 is 0 Å². The number of benzene rings is 1. The Hall–Kier alpha value is -1.35. The minimum atomic E-state index is 0.536. The second kappa shape index (κ2) is 4.09. The van der Waals surface area contributed by atoms with Crippen LogP contribution in [0.1, 0.15) is 49.8 Å². The van der Waals surface area contributed by atoms with Crippen LogP contribution >= 0.6 is 0 Å². The van der Waals surface area contributed by atoms with Gasteiger partial charge in [0.1, 0.15) is 0 Å². The van der Waals surface area contributed by atoms with Gasteiger partial charge in [-0.25, -0.2) is 4.98 Å². The Bertz CT molecular complexity index is 562. The highest BCUT2D eigenvalue weighted by Gasteiger charge is 2.25. The molecule has 1 aromatic heterocycles. The minimum absolute atomic E-state index is 0.536. The Morgan fingerprint density at radius 1 is 1.17 bits per heavy atom. The van der Waals surface area contributed by atoms with Crippen molar-refractivity contribution in [3.05, 3.63) is 30.1 Å². The number of hydrogen-bond donors (Lipinski definition) is 1. The van der Waals surface area contributed by atoms with Gasteiger partial charge in [-0.15, -0.1) is 0 Å². The highest BCUT2D eigenvalue weighted by atomic mass is 15.1. The molecule has 1 aliphatic heterocycles. The lowest BCUT2D eigenvalue weighted by molar-refractivity contribution is 0.412. The second-order valence-electron chi connectivity index (χ2n) is 5.63. The number of imidazole rings is 1. The predicted octanol–water partition coefficient (Wildman–Crippen LogP) is 3.19. The summed E-state index contributed by atoms with van der Waals surface area (Å²) in [6.07, 6.45) is 8.56. The summed E-state index contributed by atoms with van der Waals surface area (Å²) in [6.45, 7) is 1.15. The molecule has 1 aliphatic carbocycles. The van der Waals surface area contributed by atoms with Crippen LogP contribution < -0.4 is 5.32 Å². The molecule has 94 valence electrons. The number of piperidine rings is 1. The summed E-state index contributed by atoms with van der Waals surface area (Å²) < 4.78 is 2.34. The average molecular weight is 241 g/mol. The summed E-state index contributed by atoms with van der Waals surface area (Å²) in [5.74, 6) is 0. The van der Waals surface area contributed by atoms with E-state index in [1.54, 1.807) is 0 Å². The van der Waals surface area contributed by atoms with Gasteiger partial charge in [0, 0.05) is 12.1 Å². The molecule has 3 heteroatoms. The first-order chi connectivity index (χ1) is 8.92. The van der Waals surface area contributed by atoms with Crippen molar-refractivity contribution in [3.8, 4) is 0 Å². The molecular weight excluding hydrogens is 222 g/mol. The van der Waals surface area contributed by atoms with Crippen LogP contribution in [0.15, 0.2) is 24.5 Å². The Kier molecular flexibility index (Phi) is 2.40. The third-order valence-electron chi connectivity index (χ3n) is 4.25. The van der Waals surface area contributed by atoms with Gasteiger partial charge in [0.05, 0.1) is 17.4 Å². The predicted molar refractivity (Wildman–Crippen MR) is 72.6 cm³/mol. The van der Waals surface area contributed by atoms with Crippen molar-refractivity contribution in [1.29, 1.82) is 0 Å². The van der Waals surface area contributed by atoms with Crippen LogP contribution in [0, 0.1) is 0 Å². The molecule has 0 spiro atoms. The van der Waals surface area contributed by atoms with Crippen molar-refractivity contribution < 1.29 is 0 Å². The van der Waals surface area contributed by atoms with Gasteiger partial charge < -0.3 is 9.88 Å². The lowest BCUT2D eigenvalue weighted by Gasteiger charge is -2.23. The van der Waals surface area contributed by atoms with Gasteiger partial charge in [-0.2, -0.15) is 0 Å². The van der Waals surface area contributed by atoms with E-state index in [0.717, 1.165) is 12.1 Å². The molecule has 2 aromatic rings. The van der Waals surface area contributed by atoms with Gasteiger partial charge in [-0.05, 0) is 49.9 Å². The van der Waals surface area contributed by atoms with Crippen molar-refractivity contribution >= 4 is 11.0 Å². The van der Waals surface area contributed by atoms with Crippen LogP contribution in [-0.4, -0.2) is 16.1 Å². The standard InChI is InChI=1S/C15H19N3/c1-2-8-16-13(3-1)11-4-7-15-14(9-11)17-10-18(15)12-5-6-12/h4,7,9-10,12-13,16H,1-3,5-6,8H2. The van der Waals surface area contributed by atoms with Crippen molar-refractivity contribution in [1.82, 2.24) is 14.9 Å². The van der Waals surface area contributed by atoms with E-state index in [1.807, 2.05) is 6.33 Å². The molecule has 2 aliphatic rings. The fraction of sp³-hybridized carbons (Fsp3) is 0.533. The van der Waals surface area contributed by atoms with E-state index in [1.165, 1.54) is 43.2 Å². The molecule has 1 unspecified atom stereocenters. The Labute approximate surface area is 107 Å². The quantitative estimate of drug-likeness (QED) is 0.875. The first-order valence-electron chi connectivity index (χ1n) is 7.12. The smallest absolute Gasteiger partial charge is 0.0960 e. The first kappa shape index (κ1) is 10.6. The number of rotatable bonds is 2. The maximum Gasteiger partial charge on any atom is 0.0960 e. The third kappa shape index (κ3) is 1.74. The highest BCUT2D eigenvalue weighted by Crippen LogP contribution is 2.37. The maximum absolute atomic E-state index is 4.57. The van der Waals surface area contributed by atoms with Gasteiger partial charge in [0.2, 0.25) is 0 Å². The molecule has 1 saturated carbocycles. The molecule has 1 aromatic carbocycles. The molecule has 1 N–H and O–H groups in total. The van der Waals surface area contributed by atoms with E-state index in [0.29, 0.717) is 12.1 Å². The Morgan fingerprint density at radius 3 is 2.89 bits per heavy atom. The average Bonchev–Trinajstić information content (AvgIpc) is 3.19. The van der Waals surface area contributed by atoms with Crippen LogP contribution in [0.2, 0.25) is 0 Å². The van der Waals surface area contributed by atoms with Crippen LogP contribution in [0.5, 0.6) is 0 Å². The van der Waals surface area contributed by atoms with Crippen molar-refractivity contribution in [2.75, 3.05) is 6.54 Å². The fourth-order valence-corrected chi connectivity index (χ4v) is 3.05. The highest BCUT2D eigenvalue weighted by molar-refractivity contribution is 5.76. The maximum atomic E-state index is 4.57. The minimum Gasteiger partial charge on any atom is -0.327 e. The Balaban J connectivity index is 1.70. The fourth-order valence-electron chi connectivity index (χ4n) is 3.05. The molecule has 2 heterocycles. The van der Waals surface area contributed by atoms with Gasteiger partial charge in [0.15, 0.2) is 0 Å². The van der Waals surface area contributed by atoms with E-state index in [4.69, 9.17) is 0 Å². The van der Waals surface area contributed by atoms with Crippen LogP contribution in [0.25, 0.3) is 11.0 Å². The SMILES string of the molecule is c1cc2c(cc1C1CCCCN1)ncn2C1CC1. The Morgan fingerprint density at radius 2 is 2.11 bits per heavy atom. The van der Waals surface area contributed by atoms with Crippen LogP contribution in [0.3, 0.4) is 0 Å². The molecule has 3 nitrogen and oxygen atoms in total. The number of nitrogens with zero attached hydrogens (tertiary/aromatic N) is 2. The second-order valence-corrected chi connectivity index (χ2v) is 5.63. The summed E-state index contributed by atoms with van der Waals surface area (Å²) in [7, 11) is 0. The number of fused-ring (bicyclic) bond motifs is 1. The van der Waals surface area contributed by atoms with Crippen molar-refractivity contribution in [2.24, 2.45) is 0 Å². The summed E-state index contributed by atoms with van der Waals surface area (Å²) in [5, 5.41) is 3.61. The summed E-state index contributed by atoms with van der Waals surface area (Å²) in [5.41, 5.74) is 3.87. The zero-order valence-electron chi connectivity index (χ0n) is 10.6. The van der Waals surface area contributed by atoms with Gasteiger partial charge >= 0.3 is 0 Å². The summed E-state index contributed by atoms with van der Waals surface area (Å²) in [4.78, 5) is 4.57. The van der Waals surface area contributed by atoms with Gasteiger partial charge in [0.25, 0.3) is 0 Å². The molecule has 2 fully saturated rings. The van der Waals surface area contributed by atoms with Crippen LogP contribution in [-0.2, 0) is 0 Å². The molecule has 18 heavy (non-hydrogen) atoms. The van der Waals surface area contributed by atoms with E-state index in [2.05, 4.69) is 33.1 Å². The van der Waals surface area contributed by atoms with Crippen molar-refractivity contribution in [3.63, 3.8) is 0 Å². The first-order valence-corrected chi connectivity index (χ1v) is 7.12. The monoisotopic (exact) mass is 241 g/mol. The number of hydrogen-bond acceptors (Lipinski definition) is 2. The largest absolute Gasteiger partial charge is 0.327 e. The molecule has 0 amide bonds. The van der Waals surface area contributed by atoms with Crippen molar-refractivity contribution in [2.45, 2.75) is 44.2 Å². The van der Waals surface area contributed by atoms with Gasteiger partial charge in [-0.1, -0.05) is 12.5 Å². The molecular formula is C15H19N3. The number of nitrogens with one attached hydrogen (secondary N) is 1. The zero-order valence-corrected chi connectivity index (χ0v) is 10.6. The van der Waals surface area contributed by atoms with E-state index >= 15 is 0 Å². The lowest BCUT2D eigenvalue weighted by atomic mass is 9.97. The molecule has 4 rings (SSSR count). The summed E-state index contributed by atoms with van der Waals surface area (Å²) in [6, 6.07) is 8.07. The summed E-state index contributed by atoms with van der Waals surface area (Å²) >= 11 is 0. The molecule has 0 radical (unpaired) electrons. The zero-order chi connectivity index (χ0) is 11.9. The molecule has 1 atom stereocenters. The lowest BCUT2D eigenvalue weighted by Crippen LogP contribution is -2.26. The topological polar surface area (TPSA) is 29.9 Å².